The standard InChI is InChI=1S/C15H11NO4S/c1-19-12-4-2-3-11-10(12)5-6-16-14(11)20-9-7-13(15(17)18)21-8-9/h2-8H,1H3,(H,17,18). The number of carbonyl (C=O) groups is 1. The van der Waals surface area contributed by atoms with Crippen LogP contribution in [0, 0.1) is 0 Å². The van der Waals surface area contributed by atoms with Gasteiger partial charge in [-0.2, -0.15) is 0 Å². The van der Waals surface area contributed by atoms with Gasteiger partial charge in [-0.1, -0.05) is 6.07 Å². The van der Waals surface area contributed by atoms with Crippen molar-refractivity contribution >= 4 is 28.1 Å². The summed E-state index contributed by atoms with van der Waals surface area (Å²) >= 11 is 1.11. The summed E-state index contributed by atoms with van der Waals surface area (Å²) in [7, 11) is 1.60. The number of thiophene rings is 1. The summed E-state index contributed by atoms with van der Waals surface area (Å²) in [6, 6.07) is 8.92. The van der Waals surface area contributed by atoms with E-state index in [4.69, 9.17) is 14.6 Å². The Morgan fingerprint density at radius 1 is 1.29 bits per heavy atom. The van der Waals surface area contributed by atoms with Gasteiger partial charge in [0, 0.05) is 28.4 Å². The zero-order valence-corrected chi connectivity index (χ0v) is 11.9. The highest BCUT2D eigenvalue weighted by atomic mass is 32.1. The molecular formula is C15H11NO4S. The van der Waals surface area contributed by atoms with E-state index in [1.807, 2.05) is 24.3 Å². The fourth-order valence-corrected chi connectivity index (χ4v) is 2.65. The molecule has 0 saturated heterocycles. The molecule has 3 aromatic rings. The molecule has 0 aliphatic carbocycles. The Labute approximate surface area is 124 Å². The van der Waals surface area contributed by atoms with Crippen molar-refractivity contribution in [3.8, 4) is 17.4 Å². The van der Waals surface area contributed by atoms with Crippen molar-refractivity contribution in [3.05, 3.63) is 46.8 Å². The smallest absolute Gasteiger partial charge is 0.346 e. The van der Waals surface area contributed by atoms with Crippen molar-refractivity contribution < 1.29 is 19.4 Å². The van der Waals surface area contributed by atoms with Gasteiger partial charge in [-0.3, -0.25) is 0 Å². The van der Waals surface area contributed by atoms with Crippen LogP contribution in [0.25, 0.3) is 10.8 Å². The second-order valence-electron chi connectivity index (χ2n) is 4.23. The average molecular weight is 301 g/mol. The monoisotopic (exact) mass is 301 g/mol. The molecule has 0 amide bonds. The summed E-state index contributed by atoms with van der Waals surface area (Å²) in [4.78, 5) is 15.3. The fraction of sp³-hybridized carbons (Fsp3) is 0.0667. The van der Waals surface area contributed by atoms with E-state index in [2.05, 4.69) is 4.98 Å². The molecule has 0 radical (unpaired) electrons. The zero-order chi connectivity index (χ0) is 14.8. The van der Waals surface area contributed by atoms with Crippen LogP contribution in [0.4, 0.5) is 0 Å². The number of benzene rings is 1. The second kappa shape index (κ2) is 5.41. The summed E-state index contributed by atoms with van der Waals surface area (Å²) in [5.74, 6) is 0.639. The molecule has 5 nitrogen and oxygen atoms in total. The number of pyridine rings is 1. The summed E-state index contributed by atoms with van der Waals surface area (Å²) in [5, 5.41) is 12.3. The van der Waals surface area contributed by atoms with E-state index >= 15 is 0 Å². The minimum Gasteiger partial charge on any atom is -0.496 e. The van der Waals surface area contributed by atoms with E-state index in [1.165, 1.54) is 6.07 Å². The fourth-order valence-electron chi connectivity index (χ4n) is 2.01. The maximum atomic E-state index is 10.9. The lowest BCUT2D eigenvalue weighted by Gasteiger charge is -2.08. The first-order valence-electron chi connectivity index (χ1n) is 6.10. The zero-order valence-electron chi connectivity index (χ0n) is 11.1. The van der Waals surface area contributed by atoms with Crippen LogP contribution in [0.2, 0.25) is 0 Å². The third kappa shape index (κ3) is 2.53. The maximum Gasteiger partial charge on any atom is 0.346 e. The van der Waals surface area contributed by atoms with Gasteiger partial charge >= 0.3 is 5.97 Å². The molecule has 0 saturated carbocycles. The van der Waals surface area contributed by atoms with E-state index in [1.54, 1.807) is 18.7 Å². The molecule has 106 valence electrons. The first-order chi connectivity index (χ1) is 10.2. The predicted octanol–water partition coefficient (Wildman–Crippen LogP) is 3.80. The van der Waals surface area contributed by atoms with Crippen LogP contribution in [0.15, 0.2) is 41.9 Å². The number of rotatable bonds is 4. The number of carboxylic acids is 1. The minimum atomic E-state index is -0.970. The Morgan fingerprint density at radius 2 is 2.14 bits per heavy atom. The molecule has 1 N–H and O–H groups in total. The SMILES string of the molecule is COc1cccc2c(Oc3csc(C(=O)O)c3)nccc12. The number of methoxy groups -OCH3 is 1. The molecule has 0 aliphatic rings. The number of aromatic carboxylic acids is 1. The molecule has 0 bridgehead atoms. The second-order valence-corrected chi connectivity index (χ2v) is 5.14. The highest BCUT2D eigenvalue weighted by Crippen LogP contribution is 2.34. The number of ether oxygens (including phenoxy) is 2. The largest absolute Gasteiger partial charge is 0.496 e. The molecule has 2 aromatic heterocycles. The average Bonchev–Trinajstić information content (AvgIpc) is 2.96. The van der Waals surface area contributed by atoms with Crippen LogP contribution in [-0.4, -0.2) is 23.2 Å². The quantitative estimate of drug-likeness (QED) is 0.794. The Hall–Kier alpha value is -2.60. The molecular weight excluding hydrogens is 290 g/mol. The highest BCUT2D eigenvalue weighted by molar-refractivity contribution is 7.12. The van der Waals surface area contributed by atoms with E-state index in [9.17, 15) is 4.79 Å². The van der Waals surface area contributed by atoms with Gasteiger partial charge in [0.05, 0.1) is 7.11 Å². The van der Waals surface area contributed by atoms with Gasteiger partial charge in [0.2, 0.25) is 5.88 Å². The number of hydrogen-bond donors (Lipinski definition) is 1. The molecule has 0 spiro atoms. The highest BCUT2D eigenvalue weighted by Gasteiger charge is 2.11. The van der Waals surface area contributed by atoms with Crippen molar-refractivity contribution in [2.24, 2.45) is 0 Å². The molecule has 0 atom stereocenters. The first kappa shape index (κ1) is 13.4. The lowest BCUT2D eigenvalue weighted by Crippen LogP contribution is -1.92. The number of nitrogens with zero attached hydrogens (tertiary/aromatic N) is 1. The van der Waals surface area contributed by atoms with Gasteiger partial charge in [-0.25, -0.2) is 9.78 Å². The van der Waals surface area contributed by atoms with Gasteiger partial charge in [-0.15, -0.1) is 11.3 Å². The third-order valence-corrected chi connectivity index (χ3v) is 3.85. The van der Waals surface area contributed by atoms with E-state index < -0.39 is 5.97 Å². The van der Waals surface area contributed by atoms with Crippen LogP contribution in [0.5, 0.6) is 17.4 Å². The minimum absolute atomic E-state index is 0.225. The summed E-state index contributed by atoms with van der Waals surface area (Å²) in [6.07, 6.45) is 1.63. The molecule has 0 fully saturated rings. The molecule has 2 heterocycles. The van der Waals surface area contributed by atoms with Crippen molar-refractivity contribution in [2.75, 3.05) is 7.11 Å². The number of aromatic nitrogens is 1. The molecule has 1 aromatic carbocycles. The van der Waals surface area contributed by atoms with Crippen molar-refractivity contribution in [1.82, 2.24) is 4.98 Å². The lowest BCUT2D eigenvalue weighted by atomic mass is 10.1. The number of hydrogen-bond acceptors (Lipinski definition) is 5. The van der Waals surface area contributed by atoms with Crippen molar-refractivity contribution in [2.45, 2.75) is 0 Å². The summed E-state index contributed by atoms with van der Waals surface area (Å²) < 4.78 is 11.0. The summed E-state index contributed by atoms with van der Waals surface area (Å²) in [5.41, 5.74) is 0. The third-order valence-electron chi connectivity index (χ3n) is 2.95. The summed E-state index contributed by atoms with van der Waals surface area (Å²) in [6.45, 7) is 0. The predicted molar refractivity (Wildman–Crippen MR) is 79.6 cm³/mol. The topological polar surface area (TPSA) is 68.7 Å². The normalized spacial score (nSPS) is 10.5. The van der Waals surface area contributed by atoms with Crippen LogP contribution in [0.3, 0.4) is 0 Å². The first-order valence-corrected chi connectivity index (χ1v) is 6.98. The van der Waals surface area contributed by atoms with Crippen LogP contribution in [-0.2, 0) is 0 Å². The number of fused-ring (bicyclic) bond motifs is 1. The van der Waals surface area contributed by atoms with Crippen LogP contribution >= 0.6 is 11.3 Å². The van der Waals surface area contributed by atoms with E-state index in [-0.39, 0.29) is 4.88 Å². The van der Waals surface area contributed by atoms with Gasteiger partial charge in [-0.05, 0) is 18.2 Å². The molecule has 0 aliphatic heterocycles. The van der Waals surface area contributed by atoms with Crippen molar-refractivity contribution in [3.63, 3.8) is 0 Å². The van der Waals surface area contributed by atoms with Gasteiger partial charge in [0.15, 0.2) is 0 Å². The Balaban J connectivity index is 2.02. The molecule has 6 heteroatoms. The Bertz CT molecular complexity index is 812. The van der Waals surface area contributed by atoms with Gasteiger partial charge < -0.3 is 14.6 Å². The van der Waals surface area contributed by atoms with E-state index in [0.29, 0.717) is 11.6 Å². The number of carboxylic acid groups (broad SMARTS) is 1. The van der Waals surface area contributed by atoms with Crippen LogP contribution in [0.1, 0.15) is 9.67 Å². The van der Waals surface area contributed by atoms with Gasteiger partial charge in [0.25, 0.3) is 0 Å². The van der Waals surface area contributed by atoms with Crippen LogP contribution < -0.4 is 9.47 Å². The maximum absolute atomic E-state index is 10.9. The van der Waals surface area contributed by atoms with Crippen molar-refractivity contribution in [1.29, 1.82) is 0 Å². The molecule has 3 rings (SSSR count). The Morgan fingerprint density at radius 3 is 2.86 bits per heavy atom. The Kier molecular flexibility index (Phi) is 3.45. The molecule has 0 unspecified atom stereocenters. The van der Waals surface area contributed by atoms with Gasteiger partial charge in [0.1, 0.15) is 16.4 Å². The molecule has 21 heavy (non-hydrogen) atoms. The van der Waals surface area contributed by atoms with E-state index in [0.717, 1.165) is 27.9 Å². The lowest BCUT2D eigenvalue weighted by molar-refractivity contribution is 0.0702.